The second-order valence-electron chi connectivity index (χ2n) is 7.15. The first kappa shape index (κ1) is 25.9. The van der Waals surface area contributed by atoms with E-state index in [1.807, 2.05) is 0 Å². The van der Waals surface area contributed by atoms with Crippen LogP contribution in [0.15, 0.2) is 24.3 Å². The molecule has 10 heteroatoms. The quantitative estimate of drug-likeness (QED) is 0.307. The average molecular weight is 486 g/mol. The maximum Gasteiger partial charge on any atom is 0.161 e. The van der Waals surface area contributed by atoms with Crippen LogP contribution < -0.4 is 4.90 Å². The molecule has 1 aliphatic rings. The molecule has 0 spiro atoms. The molecular formula is C20H31Cl3N2O5. The maximum absolute atomic E-state index is 10.3. The molecule has 30 heavy (non-hydrogen) atoms. The highest BCUT2D eigenvalue weighted by atomic mass is 35.5. The van der Waals surface area contributed by atoms with E-state index in [0.29, 0.717) is 18.3 Å². The number of hydrogen-bond acceptors (Lipinski definition) is 7. The smallest absolute Gasteiger partial charge is 0.161 e. The van der Waals surface area contributed by atoms with E-state index in [1.165, 1.54) is 12.2 Å². The van der Waals surface area contributed by atoms with Gasteiger partial charge < -0.3 is 25.0 Å². The lowest BCUT2D eigenvalue weighted by atomic mass is 9.98. The van der Waals surface area contributed by atoms with E-state index in [2.05, 4.69) is 29.2 Å². The van der Waals surface area contributed by atoms with Crippen molar-refractivity contribution in [2.75, 3.05) is 49.3 Å². The van der Waals surface area contributed by atoms with Gasteiger partial charge in [-0.15, -0.1) is 34.8 Å². The number of hydrogen-bond donors (Lipinski definition) is 3. The number of halogens is 3. The van der Waals surface area contributed by atoms with Crippen LogP contribution in [0, 0.1) is 0 Å². The van der Waals surface area contributed by atoms with Gasteiger partial charge in [0, 0.05) is 37.1 Å². The lowest BCUT2D eigenvalue weighted by molar-refractivity contribution is -0.321. The third-order valence-corrected chi connectivity index (χ3v) is 5.85. The Morgan fingerprint density at radius 3 is 2.10 bits per heavy atom. The summed E-state index contributed by atoms with van der Waals surface area (Å²) in [6, 6.07) is 8.24. The molecule has 5 atom stereocenters. The van der Waals surface area contributed by atoms with Gasteiger partial charge in [0.15, 0.2) is 6.23 Å². The Bertz CT molecular complexity index is 605. The van der Waals surface area contributed by atoms with Crippen molar-refractivity contribution in [1.29, 1.82) is 0 Å². The fourth-order valence-electron chi connectivity index (χ4n) is 3.51. The van der Waals surface area contributed by atoms with Crippen LogP contribution >= 0.6 is 34.8 Å². The van der Waals surface area contributed by atoms with E-state index in [9.17, 15) is 15.3 Å². The number of hydroxylamine groups is 2. The van der Waals surface area contributed by atoms with Crippen molar-refractivity contribution < 1.29 is 24.9 Å². The number of aryl methyl sites for hydroxylation is 1. The molecule has 7 nitrogen and oxygen atoms in total. The average Bonchev–Trinajstić information content (AvgIpc) is 2.76. The fourth-order valence-corrected chi connectivity index (χ4v) is 4.17. The Morgan fingerprint density at radius 1 is 0.933 bits per heavy atom. The molecule has 1 aromatic rings. The highest BCUT2D eigenvalue weighted by Gasteiger charge is 2.45. The van der Waals surface area contributed by atoms with Crippen LogP contribution in [0.5, 0.6) is 0 Å². The molecule has 172 valence electrons. The van der Waals surface area contributed by atoms with Gasteiger partial charge in [-0.1, -0.05) is 12.1 Å². The summed E-state index contributed by atoms with van der Waals surface area (Å²) in [5, 5.41) is 31.8. The van der Waals surface area contributed by atoms with E-state index in [1.54, 1.807) is 0 Å². The Kier molecular flexibility index (Phi) is 11.4. The minimum atomic E-state index is -1.36. The molecule has 0 unspecified atom stereocenters. The fraction of sp³-hybridized carbons (Fsp3) is 0.700. The molecule has 0 saturated carbocycles. The lowest BCUT2D eigenvalue weighted by Gasteiger charge is -2.43. The van der Waals surface area contributed by atoms with Gasteiger partial charge in [0.05, 0.1) is 13.0 Å². The predicted molar refractivity (Wildman–Crippen MR) is 120 cm³/mol. The first-order valence-electron chi connectivity index (χ1n) is 9.99. The van der Waals surface area contributed by atoms with Gasteiger partial charge in [0.25, 0.3) is 0 Å². The molecule has 0 aromatic heterocycles. The topological polar surface area (TPSA) is 85.6 Å². The monoisotopic (exact) mass is 484 g/mol. The maximum atomic E-state index is 10.3. The number of ether oxygens (including phenoxy) is 1. The molecule has 1 heterocycles. The summed E-state index contributed by atoms with van der Waals surface area (Å²) in [6.45, 7) is 1.94. The van der Waals surface area contributed by atoms with Gasteiger partial charge in [-0.05, 0) is 30.5 Å². The first-order chi connectivity index (χ1) is 14.5. The normalized spacial score (nSPS) is 26.9. The zero-order chi connectivity index (χ0) is 22.1. The Balaban J connectivity index is 1.91. The van der Waals surface area contributed by atoms with Gasteiger partial charge in [-0.25, -0.2) is 0 Å². The van der Waals surface area contributed by atoms with Gasteiger partial charge in [0.1, 0.15) is 24.4 Å². The molecule has 0 aliphatic carbocycles. The largest absolute Gasteiger partial charge is 0.388 e. The van der Waals surface area contributed by atoms with E-state index in [4.69, 9.17) is 44.4 Å². The van der Waals surface area contributed by atoms with Gasteiger partial charge >= 0.3 is 0 Å². The summed E-state index contributed by atoms with van der Waals surface area (Å²) in [5.41, 5.74) is 2.24. The Labute approximate surface area is 193 Å². The molecule has 0 amide bonds. The van der Waals surface area contributed by atoms with Crippen LogP contribution in [0.1, 0.15) is 12.0 Å². The highest BCUT2D eigenvalue weighted by Crippen LogP contribution is 2.25. The minimum absolute atomic E-state index is 0.00416. The molecule has 1 saturated heterocycles. The third kappa shape index (κ3) is 6.82. The number of nitrogens with zero attached hydrogens (tertiary/aromatic N) is 2. The Hall–Kier alpha value is -0.350. The summed E-state index contributed by atoms with van der Waals surface area (Å²) in [4.78, 5) is 7.50. The molecule has 0 bridgehead atoms. The molecule has 2 rings (SSSR count). The van der Waals surface area contributed by atoms with Crippen molar-refractivity contribution in [1.82, 2.24) is 5.06 Å². The number of anilines is 1. The van der Waals surface area contributed by atoms with E-state index < -0.39 is 30.6 Å². The van der Waals surface area contributed by atoms with E-state index in [0.717, 1.165) is 37.2 Å². The van der Waals surface area contributed by atoms with E-state index in [-0.39, 0.29) is 5.88 Å². The third-order valence-electron chi connectivity index (χ3n) is 5.21. The van der Waals surface area contributed by atoms with Crippen LogP contribution in [0.3, 0.4) is 0 Å². The van der Waals surface area contributed by atoms with E-state index >= 15 is 0 Å². The zero-order valence-electron chi connectivity index (χ0n) is 17.0. The highest BCUT2D eigenvalue weighted by molar-refractivity contribution is 6.18. The summed E-state index contributed by atoms with van der Waals surface area (Å²) >= 11 is 17.5. The first-order valence-corrected chi connectivity index (χ1v) is 11.6. The number of rotatable bonds is 12. The van der Waals surface area contributed by atoms with Gasteiger partial charge in [-0.2, -0.15) is 5.06 Å². The summed E-state index contributed by atoms with van der Waals surface area (Å²) in [5.74, 6) is 1.07. The number of alkyl halides is 3. The van der Waals surface area contributed by atoms with Crippen molar-refractivity contribution >= 4 is 40.5 Å². The van der Waals surface area contributed by atoms with Crippen molar-refractivity contribution in [2.45, 2.75) is 43.5 Å². The molecule has 1 fully saturated rings. The standard InChI is InChI=1S/C20H31Cl3N2O5/c1-29-25(20-19(28)18(27)17(26)16(13-23)30-20)10-2-3-14-4-6-15(7-5-14)24(11-8-21)12-9-22/h4-7,16-20,26-28H,2-3,8-13H2,1H3/t16-,17-,18+,19-,20-/m1/s1. The van der Waals surface area contributed by atoms with Crippen LogP contribution in [0.25, 0.3) is 0 Å². The predicted octanol–water partition coefficient (Wildman–Crippen LogP) is 1.81. The molecular weight excluding hydrogens is 455 g/mol. The molecule has 1 aliphatic heterocycles. The van der Waals surface area contributed by atoms with Crippen molar-refractivity contribution in [3.8, 4) is 0 Å². The van der Waals surface area contributed by atoms with Crippen molar-refractivity contribution in [3.63, 3.8) is 0 Å². The van der Waals surface area contributed by atoms with Crippen LogP contribution in [-0.2, 0) is 16.0 Å². The second-order valence-corrected chi connectivity index (χ2v) is 8.21. The molecule has 0 radical (unpaired) electrons. The van der Waals surface area contributed by atoms with Crippen LogP contribution in [0.2, 0.25) is 0 Å². The van der Waals surface area contributed by atoms with Crippen LogP contribution in [0.4, 0.5) is 5.69 Å². The summed E-state index contributed by atoms with van der Waals surface area (Å²) in [7, 11) is 1.47. The van der Waals surface area contributed by atoms with Crippen LogP contribution in [-0.4, -0.2) is 95.4 Å². The lowest BCUT2D eigenvalue weighted by Crippen LogP contribution is -2.62. The zero-order valence-corrected chi connectivity index (χ0v) is 19.3. The van der Waals surface area contributed by atoms with Gasteiger partial charge in [-0.3, -0.25) is 4.84 Å². The molecule has 3 N–H and O–H groups in total. The van der Waals surface area contributed by atoms with Crippen molar-refractivity contribution in [2.24, 2.45) is 0 Å². The number of benzene rings is 1. The summed E-state index contributed by atoms with van der Waals surface area (Å²) in [6.07, 6.45) is -4.10. The summed E-state index contributed by atoms with van der Waals surface area (Å²) < 4.78 is 5.66. The SMILES string of the molecule is CON(CCCc1ccc(N(CCCl)CCCl)cc1)[C@@H]1O[C@H](CCl)[C@@H](O)[C@H](O)[C@H]1O. The number of aliphatic hydroxyl groups is 3. The number of aliphatic hydroxyl groups excluding tert-OH is 3. The molecule has 1 aromatic carbocycles. The van der Waals surface area contributed by atoms with Crippen molar-refractivity contribution in [3.05, 3.63) is 29.8 Å². The second kappa shape index (κ2) is 13.3. The minimum Gasteiger partial charge on any atom is -0.388 e. The van der Waals surface area contributed by atoms with Gasteiger partial charge in [0.2, 0.25) is 0 Å². The Morgan fingerprint density at radius 2 is 1.57 bits per heavy atom.